The van der Waals surface area contributed by atoms with Crippen LogP contribution < -0.4 is 5.14 Å². The third-order valence-electron chi connectivity index (χ3n) is 3.99. The van der Waals surface area contributed by atoms with Crippen molar-refractivity contribution in [1.29, 1.82) is 0 Å². The van der Waals surface area contributed by atoms with Crippen LogP contribution in [0.25, 0.3) is 33.4 Å². The molecule has 0 radical (unpaired) electrons. The highest BCUT2D eigenvalue weighted by atomic mass is 32.2. The Kier molecular flexibility index (Phi) is 3.72. The molecule has 1 aromatic carbocycles. The topological polar surface area (TPSA) is 88.8 Å². The normalized spacial score (nSPS) is 11.9. The zero-order valence-electron chi connectivity index (χ0n) is 13.4. The predicted molar refractivity (Wildman–Crippen MR) is 101 cm³/mol. The van der Waals surface area contributed by atoms with E-state index in [-0.39, 0.29) is 4.21 Å². The SMILES string of the molecule is Cc1cc(-c2ccsc2S(N)(=O)=O)c2[nH]c(-c3ccccn3)cc2c1. The molecule has 0 bridgehead atoms. The molecule has 3 N–H and O–H groups in total. The van der Waals surface area contributed by atoms with Crippen LogP contribution in [0, 0.1) is 6.92 Å². The number of sulfonamides is 1. The summed E-state index contributed by atoms with van der Waals surface area (Å²) in [6, 6.07) is 13.6. The maximum absolute atomic E-state index is 11.9. The fourth-order valence-corrected chi connectivity index (χ4v) is 4.80. The van der Waals surface area contributed by atoms with Gasteiger partial charge in [0, 0.05) is 22.7 Å². The molecule has 126 valence electrons. The van der Waals surface area contributed by atoms with E-state index in [0.29, 0.717) is 5.56 Å². The zero-order chi connectivity index (χ0) is 17.6. The summed E-state index contributed by atoms with van der Waals surface area (Å²) in [6.07, 6.45) is 1.74. The van der Waals surface area contributed by atoms with E-state index in [1.165, 1.54) is 0 Å². The van der Waals surface area contributed by atoms with Crippen molar-refractivity contribution in [1.82, 2.24) is 9.97 Å². The molecule has 0 unspecified atom stereocenters. The zero-order valence-corrected chi connectivity index (χ0v) is 15.0. The van der Waals surface area contributed by atoms with Crippen LogP contribution in [0.1, 0.15) is 5.56 Å². The molecule has 0 spiro atoms. The summed E-state index contributed by atoms with van der Waals surface area (Å²) in [6.45, 7) is 1.99. The van der Waals surface area contributed by atoms with Crippen LogP contribution in [-0.4, -0.2) is 18.4 Å². The van der Waals surface area contributed by atoms with E-state index in [2.05, 4.69) is 16.0 Å². The van der Waals surface area contributed by atoms with E-state index in [1.807, 2.05) is 37.3 Å². The molecule has 4 rings (SSSR count). The van der Waals surface area contributed by atoms with Gasteiger partial charge in [-0.05, 0) is 54.3 Å². The molecule has 25 heavy (non-hydrogen) atoms. The number of nitrogens with one attached hydrogen (secondary N) is 1. The fourth-order valence-electron chi connectivity index (χ4n) is 2.98. The Morgan fingerprint density at radius 2 is 1.96 bits per heavy atom. The Morgan fingerprint density at radius 3 is 2.68 bits per heavy atom. The summed E-state index contributed by atoms with van der Waals surface area (Å²) in [5, 5.41) is 8.12. The lowest BCUT2D eigenvalue weighted by molar-refractivity contribution is 0.600. The maximum Gasteiger partial charge on any atom is 0.248 e. The van der Waals surface area contributed by atoms with Crippen LogP contribution in [-0.2, 0) is 10.0 Å². The van der Waals surface area contributed by atoms with Gasteiger partial charge in [-0.25, -0.2) is 13.6 Å². The number of aryl methyl sites for hydroxylation is 1. The highest BCUT2D eigenvalue weighted by molar-refractivity contribution is 7.91. The van der Waals surface area contributed by atoms with Gasteiger partial charge in [0.05, 0.1) is 16.9 Å². The molecule has 7 heteroatoms. The number of aromatic amines is 1. The van der Waals surface area contributed by atoms with Crippen molar-refractivity contribution in [3.8, 4) is 22.5 Å². The molecule has 0 saturated heterocycles. The number of fused-ring (bicyclic) bond motifs is 1. The molecule has 5 nitrogen and oxygen atoms in total. The predicted octanol–water partition coefficient (Wildman–Crippen LogP) is 3.91. The lowest BCUT2D eigenvalue weighted by Gasteiger charge is -2.06. The van der Waals surface area contributed by atoms with Crippen molar-refractivity contribution in [2.45, 2.75) is 11.1 Å². The van der Waals surface area contributed by atoms with Crippen LogP contribution in [0.15, 0.2) is 58.3 Å². The third-order valence-corrected chi connectivity index (χ3v) is 6.42. The number of rotatable bonds is 3. The van der Waals surface area contributed by atoms with Crippen LogP contribution in [0.4, 0.5) is 0 Å². The second-order valence-electron chi connectivity index (χ2n) is 5.84. The lowest BCUT2D eigenvalue weighted by atomic mass is 10.0. The summed E-state index contributed by atoms with van der Waals surface area (Å²) in [5.74, 6) is 0. The van der Waals surface area contributed by atoms with Gasteiger partial charge in [0.25, 0.3) is 0 Å². The first-order valence-corrected chi connectivity index (χ1v) is 10.0. The standard InChI is InChI=1S/C18H15N3O2S2/c1-11-8-12-10-16(15-4-2-3-6-20-15)21-17(12)14(9-11)13-5-7-24-18(13)25(19,22)23/h2-10,21H,1H3,(H2,19,22,23). The van der Waals surface area contributed by atoms with Crippen LogP contribution in [0.5, 0.6) is 0 Å². The summed E-state index contributed by atoms with van der Waals surface area (Å²) >= 11 is 1.13. The second kappa shape index (κ2) is 5.80. The summed E-state index contributed by atoms with van der Waals surface area (Å²) < 4.78 is 24.0. The molecule has 4 aromatic rings. The van der Waals surface area contributed by atoms with Crippen molar-refractivity contribution >= 4 is 32.3 Å². The third kappa shape index (κ3) is 2.86. The Bertz CT molecular complexity index is 1180. The van der Waals surface area contributed by atoms with Crippen LogP contribution in [0.2, 0.25) is 0 Å². The van der Waals surface area contributed by atoms with Crippen molar-refractivity contribution in [2.24, 2.45) is 5.14 Å². The molecule has 3 heterocycles. The maximum atomic E-state index is 11.9. The Hall–Kier alpha value is -2.48. The summed E-state index contributed by atoms with van der Waals surface area (Å²) in [4.78, 5) is 7.75. The molecule has 0 atom stereocenters. The van der Waals surface area contributed by atoms with E-state index in [1.54, 1.807) is 17.6 Å². The molecule has 0 amide bonds. The van der Waals surface area contributed by atoms with Crippen molar-refractivity contribution in [2.75, 3.05) is 0 Å². The Balaban J connectivity index is 1.99. The van der Waals surface area contributed by atoms with Gasteiger partial charge in [0.15, 0.2) is 0 Å². The largest absolute Gasteiger partial charge is 0.353 e. The number of pyridine rings is 1. The first kappa shape index (κ1) is 16.0. The average molecular weight is 369 g/mol. The Labute approximate surface area is 149 Å². The number of nitrogens with two attached hydrogens (primary N) is 1. The number of thiophene rings is 1. The van der Waals surface area contributed by atoms with E-state index in [4.69, 9.17) is 5.14 Å². The van der Waals surface area contributed by atoms with Gasteiger partial charge in [-0.15, -0.1) is 11.3 Å². The number of nitrogens with zero attached hydrogens (tertiary/aromatic N) is 1. The number of H-pyrrole nitrogens is 1. The van der Waals surface area contributed by atoms with Crippen molar-refractivity contribution in [3.63, 3.8) is 0 Å². The quantitative estimate of drug-likeness (QED) is 0.574. The molecule has 0 saturated carbocycles. The molecule has 0 aliphatic heterocycles. The number of primary sulfonamides is 1. The molecular weight excluding hydrogens is 354 g/mol. The smallest absolute Gasteiger partial charge is 0.248 e. The Morgan fingerprint density at radius 1 is 1.12 bits per heavy atom. The second-order valence-corrected chi connectivity index (χ2v) is 8.51. The van der Waals surface area contributed by atoms with Gasteiger partial charge in [-0.2, -0.15) is 0 Å². The number of hydrogen-bond acceptors (Lipinski definition) is 4. The van der Waals surface area contributed by atoms with Gasteiger partial charge in [-0.3, -0.25) is 4.98 Å². The van der Waals surface area contributed by atoms with Crippen LogP contribution >= 0.6 is 11.3 Å². The minimum atomic E-state index is -3.77. The van der Waals surface area contributed by atoms with E-state index < -0.39 is 10.0 Å². The van der Waals surface area contributed by atoms with Gasteiger partial charge >= 0.3 is 0 Å². The highest BCUT2D eigenvalue weighted by Gasteiger charge is 2.20. The van der Waals surface area contributed by atoms with Crippen molar-refractivity contribution in [3.05, 3.63) is 59.6 Å². The first-order chi connectivity index (χ1) is 11.9. The highest BCUT2D eigenvalue weighted by Crippen LogP contribution is 2.37. The minimum Gasteiger partial charge on any atom is -0.353 e. The van der Waals surface area contributed by atoms with E-state index in [9.17, 15) is 8.42 Å². The molecule has 0 aliphatic carbocycles. The van der Waals surface area contributed by atoms with E-state index >= 15 is 0 Å². The number of benzene rings is 1. The number of aromatic nitrogens is 2. The first-order valence-electron chi connectivity index (χ1n) is 7.59. The van der Waals surface area contributed by atoms with Crippen LogP contribution in [0.3, 0.4) is 0 Å². The fraction of sp³-hybridized carbons (Fsp3) is 0.0556. The monoisotopic (exact) mass is 369 g/mol. The molecular formula is C18H15N3O2S2. The van der Waals surface area contributed by atoms with Gasteiger partial charge in [-0.1, -0.05) is 6.07 Å². The average Bonchev–Trinajstić information content (AvgIpc) is 3.21. The van der Waals surface area contributed by atoms with Crippen molar-refractivity contribution < 1.29 is 8.42 Å². The number of hydrogen-bond donors (Lipinski definition) is 2. The van der Waals surface area contributed by atoms with Gasteiger partial charge in [0.1, 0.15) is 4.21 Å². The minimum absolute atomic E-state index is 0.174. The molecule has 0 aliphatic rings. The lowest BCUT2D eigenvalue weighted by Crippen LogP contribution is -2.11. The van der Waals surface area contributed by atoms with E-state index in [0.717, 1.165) is 44.8 Å². The summed E-state index contributed by atoms with van der Waals surface area (Å²) in [5.41, 5.74) is 5.07. The summed E-state index contributed by atoms with van der Waals surface area (Å²) in [7, 11) is -3.77. The molecule has 0 fully saturated rings. The van der Waals surface area contributed by atoms with Gasteiger partial charge in [0.2, 0.25) is 10.0 Å². The molecule has 3 aromatic heterocycles. The van der Waals surface area contributed by atoms with Gasteiger partial charge < -0.3 is 4.98 Å².